The first-order valence-corrected chi connectivity index (χ1v) is 9.11. The highest BCUT2D eigenvalue weighted by molar-refractivity contribution is 7.71. The van der Waals surface area contributed by atoms with Crippen molar-refractivity contribution in [3.63, 3.8) is 0 Å². The first-order chi connectivity index (χ1) is 13.1. The van der Waals surface area contributed by atoms with Crippen LogP contribution in [0.3, 0.4) is 0 Å². The van der Waals surface area contributed by atoms with Gasteiger partial charge in [-0.3, -0.25) is 5.10 Å². The fourth-order valence-corrected chi connectivity index (χ4v) is 2.81. The predicted octanol–water partition coefficient (Wildman–Crippen LogP) is 4.42. The Bertz CT molecular complexity index is 1010. The number of hydrogen-bond donors (Lipinski definition) is 1. The quantitative estimate of drug-likeness (QED) is 0.485. The summed E-state index contributed by atoms with van der Waals surface area (Å²) in [5.74, 6) is 2.08. The van der Waals surface area contributed by atoms with Crippen LogP contribution in [0.4, 0.5) is 0 Å². The minimum Gasteiger partial charge on any atom is -0.490 e. The normalized spacial score (nSPS) is 11.1. The molecule has 0 amide bonds. The first kappa shape index (κ1) is 18.8. The molecule has 7 heteroatoms. The third kappa shape index (κ3) is 4.83. The van der Waals surface area contributed by atoms with E-state index in [0.29, 0.717) is 35.3 Å². The van der Waals surface area contributed by atoms with Gasteiger partial charge in [-0.25, -0.2) is 0 Å². The smallest absolute Gasteiger partial charge is 0.216 e. The topological polar surface area (TPSA) is 64.4 Å². The number of aromatic nitrogens is 3. The summed E-state index contributed by atoms with van der Waals surface area (Å²) in [4.78, 5) is 0. The van der Waals surface area contributed by atoms with Gasteiger partial charge >= 0.3 is 0 Å². The molecule has 27 heavy (non-hydrogen) atoms. The molecule has 0 aliphatic carbocycles. The molecule has 3 rings (SSSR count). The van der Waals surface area contributed by atoms with E-state index in [9.17, 15) is 0 Å². The fraction of sp³-hybridized carbons (Fsp3) is 0.250. The average molecular weight is 382 g/mol. The minimum absolute atomic E-state index is 0.451. The van der Waals surface area contributed by atoms with Gasteiger partial charge in [-0.2, -0.15) is 14.9 Å². The number of hydrogen-bond acceptors (Lipinski definition) is 5. The molecular formula is C20H22N4O2S. The molecule has 1 heterocycles. The zero-order valence-electron chi connectivity index (χ0n) is 15.6. The maximum absolute atomic E-state index is 5.97. The minimum atomic E-state index is 0.451. The van der Waals surface area contributed by atoms with E-state index in [-0.39, 0.29) is 0 Å². The molecule has 0 aliphatic rings. The molecule has 0 aliphatic heterocycles. The highest BCUT2D eigenvalue weighted by Gasteiger charge is 2.07. The van der Waals surface area contributed by atoms with Crippen molar-refractivity contribution < 1.29 is 9.47 Å². The van der Waals surface area contributed by atoms with Crippen LogP contribution in [0.2, 0.25) is 0 Å². The number of aromatic amines is 1. The van der Waals surface area contributed by atoms with E-state index in [1.165, 1.54) is 5.56 Å². The standard InChI is InChI=1S/C20H22N4O2S/c1-4-25-19-11-16(12-21-24-15(3)22-23-20(24)27)8-9-18(19)26-13-17-7-5-6-14(2)10-17/h5-12H,4,13H2,1-3H3,(H,23,27)/b21-12-. The molecule has 0 atom stereocenters. The zero-order valence-corrected chi connectivity index (χ0v) is 16.4. The second kappa shape index (κ2) is 8.64. The molecule has 0 unspecified atom stereocenters. The Morgan fingerprint density at radius 1 is 1.15 bits per heavy atom. The molecule has 0 bridgehead atoms. The van der Waals surface area contributed by atoms with Crippen molar-refractivity contribution in [3.8, 4) is 11.5 Å². The largest absolute Gasteiger partial charge is 0.490 e. The van der Waals surface area contributed by atoms with Crippen LogP contribution in [0.25, 0.3) is 0 Å². The average Bonchev–Trinajstić information content (AvgIpc) is 2.97. The fourth-order valence-electron chi connectivity index (χ4n) is 2.59. The van der Waals surface area contributed by atoms with E-state index in [0.717, 1.165) is 11.1 Å². The van der Waals surface area contributed by atoms with Crippen molar-refractivity contribution in [1.29, 1.82) is 0 Å². The van der Waals surface area contributed by atoms with Gasteiger partial charge in [0.05, 0.1) is 12.8 Å². The van der Waals surface area contributed by atoms with Crippen molar-refractivity contribution in [2.75, 3.05) is 6.61 Å². The summed E-state index contributed by atoms with van der Waals surface area (Å²) in [6.07, 6.45) is 1.71. The van der Waals surface area contributed by atoms with Crippen LogP contribution in [0.15, 0.2) is 47.6 Å². The van der Waals surface area contributed by atoms with Crippen LogP contribution in [-0.2, 0) is 6.61 Å². The van der Waals surface area contributed by atoms with E-state index in [1.807, 2.05) is 44.2 Å². The molecule has 0 fully saturated rings. The number of rotatable bonds is 7. The van der Waals surface area contributed by atoms with Gasteiger partial charge in [-0.15, -0.1) is 0 Å². The van der Waals surface area contributed by atoms with Gasteiger partial charge in [-0.1, -0.05) is 29.8 Å². The predicted molar refractivity (Wildman–Crippen MR) is 108 cm³/mol. The molecule has 2 aromatic carbocycles. The zero-order chi connectivity index (χ0) is 19.2. The lowest BCUT2D eigenvalue weighted by Crippen LogP contribution is -2.01. The highest BCUT2D eigenvalue weighted by Crippen LogP contribution is 2.29. The van der Waals surface area contributed by atoms with Crippen LogP contribution in [0.5, 0.6) is 11.5 Å². The molecule has 1 N–H and O–H groups in total. The Labute approximate surface area is 163 Å². The van der Waals surface area contributed by atoms with Gasteiger partial charge in [0.1, 0.15) is 12.4 Å². The maximum Gasteiger partial charge on any atom is 0.216 e. The van der Waals surface area contributed by atoms with Gasteiger partial charge in [-0.05, 0) is 62.3 Å². The molecular weight excluding hydrogens is 360 g/mol. The molecule has 0 spiro atoms. The van der Waals surface area contributed by atoms with Crippen LogP contribution < -0.4 is 9.47 Å². The molecule has 140 valence electrons. The summed E-state index contributed by atoms with van der Waals surface area (Å²) in [6.45, 7) is 6.87. The molecule has 0 radical (unpaired) electrons. The lowest BCUT2D eigenvalue weighted by atomic mass is 10.1. The van der Waals surface area contributed by atoms with Crippen molar-refractivity contribution in [2.24, 2.45) is 5.10 Å². The monoisotopic (exact) mass is 382 g/mol. The Morgan fingerprint density at radius 2 is 2.00 bits per heavy atom. The van der Waals surface area contributed by atoms with Crippen molar-refractivity contribution >= 4 is 18.4 Å². The molecule has 0 saturated carbocycles. The summed E-state index contributed by atoms with van der Waals surface area (Å²) < 4.78 is 13.7. The number of nitrogens with zero attached hydrogens (tertiary/aromatic N) is 3. The van der Waals surface area contributed by atoms with E-state index < -0.39 is 0 Å². The lowest BCUT2D eigenvalue weighted by Gasteiger charge is -2.13. The van der Waals surface area contributed by atoms with Crippen LogP contribution in [0, 0.1) is 18.6 Å². The Balaban J connectivity index is 1.79. The Hall–Kier alpha value is -2.93. The van der Waals surface area contributed by atoms with Gasteiger partial charge in [0.25, 0.3) is 0 Å². The summed E-state index contributed by atoms with van der Waals surface area (Å²) in [5, 5.41) is 11.1. The Kier molecular flexibility index (Phi) is 6.03. The summed E-state index contributed by atoms with van der Waals surface area (Å²) in [5.41, 5.74) is 3.21. The first-order valence-electron chi connectivity index (χ1n) is 8.70. The van der Waals surface area contributed by atoms with Crippen molar-refractivity contribution in [3.05, 3.63) is 69.8 Å². The van der Waals surface area contributed by atoms with Crippen LogP contribution >= 0.6 is 12.2 Å². The summed E-state index contributed by atoms with van der Waals surface area (Å²) >= 11 is 5.15. The third-order valence-corrected chi connectivity index (χ3v) is 4.14. The SMILES string of the molecule is CCOc1cc(/C=N\n2c(C)n[nH]c2=S)ccc1OCc1cccc(C)c1. The number of benzene rings is 2. The van der Waals surface area contributed by atoms with Crippen LogP contribution in [0.1, 0.15) is 29.4 Å². The second-order valence-electron chi connectivity index (χ2n) is 6.05. The lowest BCUT2D eigenvalue weighted by molar-refractivity contribution is 0.269. The molecule has 1 aromatic heterocycles. The summed E-state index contributed by atoms with van der Waals surface area (Å²) in [7, 11) is 0. The van der Waals surface area contributed by atoms with Gasteiger partial charge in [0, 0.05) is 0 Å². The van der Waals surface area contributed by atoms with Gasteiger partial charge < -0.3 is 9.47 Å². The van der Waals surface area contributed by atoms with E-state index in [2.05, 4.69) is 34.4 Å². The van der Waals surface area contributed by atoms with E-state index in [4.69, 9.17) is 21.7 Å². The third-order valence-electron chi connectivity index (χ3n) is 3.88. The van der Waals surface area contributed by atoms with Gasteiger partial charge in [0.2, 0.25) is 4.77 Å². The number of aryl methyl sites for hydroxylation is 2. The number of ether oxygens (including phenoxy) is 2. The number of nitrogens with one attached hydrogen (secondary N) is 1. The summed E-state index contributed by atoms with van der Waals surface area (Å²) in [6, 6.07) is 14.0. The molecule has 6 nitrogen and oxygen atoms in total. The van der Waals surface area contributed by atoms with Gasteiger partial charge in [0.15, 0.2) is 11.5 Å². The van der Waals surface area contributed by atoms with Crippen molar-refractivity contribution in [2.45, 2.75) is 27.4 Å². The van der Waals surface area contributed by atoms with E-state index in [1.54, 1.807) is 10.9 Å². The second-order valence-corrected chi connectivity index (χ2v) is 6.44. The van der Waals surface area contributed by atoms with E-state index >= 15 is 0 Å². The highest BCUT2D eigenvalue weighted by atomic mass is 32.1. The van der Waals surface area contributed by atoms with Crippen LogP contribution in [-0.4, -0.2) is 27.7 Å². The Morgan fingerprint density at radius 3 is 2.70 bits per heavy atom. The molecule has 3 aromatic rings. The maximum atomic E-state index is 5.97. The molecule has 0 saturated heterocycles. The number of H-pyrrole nitrogens is 1. The van der Waals surface area contributed by atoms with Crippen molar-refractivity contribution in [1.82, 2.24) is 14.9 Å².